The van der Waals surface area contributed by atoms with Crippen LogP contribution in [-0.4, -0.2) is 24.6 Å². The van der Waals surface area contributed by atoms with Gasteiger partial charge in [-0.3, -0.25) is 0 Å². The molecule has 0 fully saturated rings. The first-order valence-electron chi connectivity index (χ1n) is 2.52. The smallest absolute Gasteiger partial charge is 0.0495 e. The number of hydrogen-bond donors (Lipinski definition) is 0. The maximum Gasteiger partial charge on any atom is 0.0495 e. The molecule has 0 saturated carbocycles. The summed E-state index contributed by atoms with van der Waals surface area (Å²) in [6, 6.07) is 0. The van der Waals surface area contributed by atoms with Gasteiger partial charge in [0.25, 0.3) is 0 Å². The van der Waals surface area contributed by atoms with Crippen LogP contribution in [0.15, 0.2) is 10.2 Å². The first-order valence-corrected chi connectivity index (χ1v) is 2.52. The second kappa shape index (κ2) is 4.30. The van der Waals surface area contributed by atoms with E-state index in [1.54, 1.807) is 19.5 Å². The quantitative estimate of drug-likeness (QED) is 0.386. The van der Waals surface area contributed by atoms with Crippen LogP contribution in [0.1, 0.15) is 13.8 Å². The van der Waals surface area contributed by atoms with Crippen molar-refractivity contribution in [3.05, 3.63) is 0 Å². The largest absolute Gasteiger partial charge is 0.189 e. The van der Waals surface area contributed by atoms with E-state index in [0.717, 1.165) is 0 Å². The first kappa shape index (κ1) is 7.14. The third kappa shape index (κ3) is 3.33. The molecule has 8 heavy (non-hydrogen) atoms. The molecule has 46 valence electrons. The van der Waals surface area contributed by atoms with E-state index < -0.39 is 0 Å². The lowest BCUT2D eigenvalue weighted by Crippen LogP contribution is -2.00. The van der Waals surface area contributed by atoms with E-state index in [0.29, 0.717) is 0 Å². The Kier molecular flexibility index (Phi) is 3.84. The Morgan fingerprint density at radius 2 is 1.50 bits per heavy atom. The van der Waals surface area contributed by atoms with Crippen molar-refractivity contribution in [2.75, 3.05) is 7.05 Å². The summed E-state index contributed by atoms with van der Waals surface area (Å²) in [5.74, 6) is 0. The van der Waals surface area contributed by atoms with Crippen LogP contribution in [0, 0.1) is 0 Å². The van der Waals surface area contributed by atoms with E-state index in [2.05, 4.69) is 10.2 Å². The van der Waals surface area contributed by atoms with E-state index in [1.165, 1.54) is 5.12 Å². The minimum absolute atomic E-state index is 1.50. The van der Waals surface area contributed by atoms with Gasteiger partial charge in [-0.1, -0.05) is 0 Å². The van der Waals surface area contributed by atoms with Crippen LogP contribution >= 0.6 is 0 Å². The van der Waals surface area contributed by atoms with Gasteiger partial charge in [-0.15, -0.1) is 0 Å². The fourth-order valence-electron chi connectivity index (χ4n) is 0.364. The van der Waals surface area contributed by atoms with Gasteiger partial charge < -0.3 is 0 Å². The molecule has 3 heteroatoms. The van der Waals surface area contributed by atoms with Gasteiger partial charge in [0.1, 0.15) is 0 Å². The van der Waals surface area contributed by atoms with Crippen LogP contribution in [-0.2, 0) is 0 Å². The lowest BCUT2D eigenvalue weighted by Gasteiger charge is -2.00. The van der Waals surface area contributed by atoms with Gasteiger partial charge in [-0.25, -0.2) is 0 Å². The predicted molar refractivity (Wildman–Crippen MR) is 36.1 cm³/mol. The van der Waals surface area contributed by atoms with Gasteiger partial charge in [0, 0.05) is 19.5 Å². The molecule has 0 radical (unpaired) electrons. The molecule has 0 aromatic rings. The van der Waals surface area contributed by atoms with Crippen LogP contribution in [0.2, 0.25) is 0 Å². The van der Waals surface area contributed by atoms with Crippen molar-refractivity contribution in [3.8, 4) is 0 Å². The lowest BCUT2D eigenvalue weighted by atomic mass is 10.9. The molecule has 0 atom stereocenters. The third-order valence-electron chi connectivity index (χ3n) is 0.565. The molecule has 0 heterocycles. The van der Waals surface area contributed by atoms with Crippen LogP contribution < -0.4 is 0 Å². The van der Waals surface area contributed by atoms with Crippen LogP contribution in [0.4, 0.5) is 0 Å². The summed E-state index contributed by atoms with van der Waals surface area (Å²) in [7, 11) is 1.78. The van der Waals surface area contributed by atoms with Gasteiger partial charge in [0.05, 0.1) is 0 Å². The maximum atomic E-state index is 3.82. The molecule has 0 amide bonds. The number of nitrogens with zero attached hydrogens (tertiary/aromatic N) is 3. The average Bonchev–Trinajstić information content (AvgIpc) is 1.68. The molecule has 0 N–H and O–H groups in total. The monoisotopic (exact) mass is 113 g/mol. The minimum atomic E-state index is 1.50. The third-order valence-corrected chi connectivity index (χ3v) is 0.565. The molecule has 0 aliphatic heterocycles. The maximum absolute atomic E-state index is 3.82. The van der Waals surface area contributed by atoms with Gasteiger partial charge in [0.2, 0.25) is 0 Å². The zero-order chi connectivity index (χ0) is 6.41. The SMILES string of the molecule is C/C=N\N(C)/N=C\C. The van der Waals surface area contributed by atoms with Crippen molar-refractivity contribution in [2.45, 2.75) is 13.8 Å². The summed E-state index contributed by atoms with van der Waals surface area (Å²) in [6.07, 6.45) is 3.38. The Morgan fingerprint density at radius 3 is 1.75 bits per heavy atom. The summed E-state index contributed by atoms with van der Waals surface area (Å²) in [4.78, 5) is 0. The molecular weight excluding hydrogens is 102 g/mol. The van der Waals surface area contributed by atoms with E-state index in [-0.39, 0.29) is 0 Å². The second-order valence-electron chi connectivity index (χ2n) is 1.24. The van der Waals surface area contributed by atoms with E-state index in [4.69, 9.17) is 0 Å². The number of hydrogen-bond acceptors (Lipinski definition) is 3. The van der Waals surface area contributed by atoms with E-state index in [1.807, 2.05) is 13.8 Å². The molecule has 0 aliphatic rings. The van der Waals surface area contributed by atoms with Gasteiger partial charge in [-0.2, -0.15) is 15.3 Å². The highest BCUT2D eigenvalue weighted by molar-refractivity contribution is 5.54. The van der Waals surface area contributed by atoms with Crippen molar-refractivity contribution in [3.63, 3.8) is 0 Å². The molecule has 0 saturated heterocycles. The van der Waals surface area contributed by atoms with Crippen molar-refractivity contribution in [2.24, 2.45) is 10.2 Å². The first-order chi connectivity index (χ1) is 3.81. The van der Waals surface area contributed by atoms with Gasteiger partial charge in [0.15, 0.2) is 0 Å². The van der Waals surface area contributed by atoms with Gasteiger partial charge >= 0.3 is 0 Å². The van der Waals surface area contributed by atoms with Crippen molar-refractivity contribution in [1.82, 2.24) is 5.12 Å². The fraction of sp³-hybridized carbons (Fsp3) is 0.600. The summed E-state index contributed by atoms with van der Waals surface area (Å²) in [5, 5.41) is 9.15. The highest BCUT2D eigenvalue weighted by Gasteiger charge is 1.75. The standard InChI is InChI=1S/C5H11N3/c1-4-6-8(3)7-5-2/h4-5H,1-3H3/b6-4-,7-5-. The molecule has 0 unspecified atom stereocenters. The average molecular weight is 113 g/mol. The van der Waals surface area contributed by atoms with Crippen molar-refractivity contribution in [1.29, 1.82) is 0 Å². The highest BCUT2D eigenvalue weighted by Crippen LogP contribution is 1.78. The zero-order valence-electron chi connectivity index (χ0n) is 5.50. The molecule has 0 rings (SSSR count). The molecule has 0 aliphatic carbocycles. The Labute approximate surface area is 49.7 Å². The fourth-order valence-corrected chi connectivity index (χ4v) is 0.364. The topological polar surface area (TPSA) is 28.0 Å². The van der Waals surface area contributed by atoms with Crippen molar-refractivity contribution >= 4 is 12.4 Å². The Morgan fingerprint density at radius 1 is 1.12 bits per heavy atom. The minimum Gasteiger partial charge on any atom is -0.189 e. The zero-order valence-corrected chi connectivity index (χ0v) is 5.50. The Hall–Kier alpha value is -0.860. The van der Waals surface area contributed by atoms with Crippen LogP contribution in [0.25, 0.3) is 0 Å². The Balaban J connectivity index is 3.47. The van der Waals surface area contributed by atoms with E-state index >= 15 is 0 Å². The number of rotatable bonds is 2. The molecule has 0 bridgehead atoms. The van der Waals surface area contributed by atoms with E-state index in [9.17, 15) is 0 Å². The number of hydrazone groups is 2. The van der Waals surface area contributed by atoms with Crippen LogP contribution in [0.3, 0.4) is 0 Å². The normalized spacial score (nSPS) is 11.4. The van der Waals surface area contributed by atoms with Crippen LogP contribution in [0.5, 0.6) is 0 Å². The summed E-state index contributed by atoms with van der Waals surface area (Å²) >= 11 is 0. The predicted octanol–water partition coefficient (Wildman–Crippen LogP) is 0.930. The molecular formula is C5H11N3. The second-order valence-corrected chi connectivity index (χ2v) is 1.24. The molecule has 0 aromatic carbocycles. The summed E-state index contributed by atoms with van der Waals surface area (Å²) < 4.78 is 0. The Bertz CT molecular complexity index is 83.8. The molecule has 0 spiro atoms. The molecule has 3 nitrogen and oxygen atoms in total. The lowest BCUT2D eigenvalue weighted by molar-refractivity contribution is 0.381. The highest BCUT2D eigenvalue weighted by atomic mass is 15.6. The van der Waals surface area contributed by atoms with Gasteiger partial charge in [-0.05, 0) is 13.8 Å². The summed E-state index contributed by atoms with van der Waals surface area (Å²) in [5.41, 5.74) is 0. The van der Waals surface area contributed by atoms with Crippen molar-refractivity contribution < 1.29 is 0 Å². The molecule has 0 aromatic heterocycles. The summed E-state index contributed by atoms with van der Waals surface area (Å²) in [6.45, 7) is 3.70.